The zero-order chi connectivity index (χ0) is 10.8. The Morgan fingerprint density at radius 1 is 1.53 bits per heavy atom. The molecule has 0 fully saturated rings. The Balaban J connectivity index is 2.47. The van der Waals surface area contributed by atoms with Gasteiger partial charge in [-0.25, -0.2) is 0 Å². The van der Waals surface area contributed by atoms with Crippen molar-refractivity contribution in [1.82, 2.24) is 4.98 Å². The van der Waals surface area contributed by atoms with Crippen molar-refractivity contribution in [1.29, 1.82) is 0 Å². The van der Waals surface area contributed by atoms with Gasteiger partial charge in [0.15, 0.2) is 0 Å². The molecule has 0 spiro atoms. The van der Waals surface area contributed by atoms with E-state index in [1.807, 2.05) is 25.1 Å². The Hall–Kier alpha value is -1.84. The van der Waals surface area contributed by atoms with Gasteiger partial charge in [0.2, 0.25) is 0 Å². The molecule has 0 aliphatic rings. The number of ether oxygens (including phenoxy) is 1. The number of aryl methyl sites for hydroxylation is 1. The number of benzene rings is 1. The van der Waals surface area contributed by atoms with Crippen LogP contribution in [0, 0.1) is 6.92 Å². The summed E-state index contributed by atoms with van der Waals surface area (Å²) in [5, 5.41) is 0.935. The van der Waals surface area contributed by atoms with Crippen LogP contribution in [0.15, 0.2) is 24.3 Å². The molecule has 1 unspecified atom stereocenters. The van der Waals surface area contributed by atoms with E-state index in [-0.39, 0.29) is 12.2 Å². The summed E-state index contributed by atoms with van der Waals surface area (Å²) in [5.74, 6) is 0. The second-order valence-corrected chi connectivity index (χ2v) is 3.31. The molecule has 0 aliphatic carbocycles. The van der Waals surface area contributed by atoms with Crippen LogP contribution in [0.3, 0.4) is 0 Å². The lowest BCUT2D eigenvalue weighted by Crippen LogP contribution is -1.95. The zero-order valence-electron chi connectivity index (χ0n) is 8.16. The standard InChI is InChI=1S/C11H10FNO2/c1-7-3-2-4-9-8(7)5-10(13-9)11(12)15-6-14/h2-6,11,13H,1H3. The maximum absolute atomic E-state index is 13.2. The number of alkyl halides is 1. The highest BCUT2D eigenvalue weighted by Crippen LogP contribution is 2.24. The highest BCUT2D eigenvalue weighted by molar-refractivity contribution is 5.83. The van der Waals surface area contributed by atoms with E-state index in [0.717, 1.165) is 16.5 Å². The lowest BCUT2D eigenvalue weighted by molar-refractivity contribution is -0.142. The average Bonchev–Trinajstić information content (AvgIpc) is 2.63. The Kier molecular flexibility index (Phi) is 2.41. The molecular formula is C11H10FNO2. The number of carbonyl (C=O) groups is 1. The third kappa shape index (κ3) is 1.70. The quantitative estimate of drug-likeness (QED) is 0.786. The van der Waals surface area contributed by atoms with Gasteiger partial charge in [-0.05, 0) is 24.6 Å². The maximum atomic E-state index is 13.2. The summed E-state index contributed by atoms with van der Waals surface area (Å²) >= 11 is 0. The molecule has 2 aromatic rings. The Labute approximate surface area is 85.9 Å². The summed E-state index contributed by atoms with van der Waals surface area (Å²) in [6, 6.07) is 7.32. The van der Waals surface area contributed by atoms with E-state index in [1.165, 1.54) is 0 Å². The van der Waals surface area contributed by atoms with Crippen LogP contribution in [-0.2, 0) is 9.53 Å². The van der Waals surface area contributed by atoms with Crippen molar-refractivity contribution in [2.24, 2.45) is 0 Å². The molecule has 0 amide bonds. The predicted molar refractivity (Wildman–Crippen MR) is 54.0 cm³/mol. The number of rotatable bonds is 3. The van der Waals surface area contributed by atoms with Crippen molar-refractivity contribution in [3.63, 3.8) is 0 Å². The highest BCUT2D eigenvalue weighted by atomic mass is 19.1. The molecule has 0 bridgehead atoms. The lowest BCUT2D eigenvalue weighted by Gasteiger charge is -2.01. The van der Waals surface area contributed by atoms with Crippen molar-refractivity contribution in [3.8, 4) is 0 Å². The van der Waals surface area contributed by atoms with Crippen LogP contribution in [0.25, 0.3) is 10.9 Å². The number of hydrogen-bond acceptors (Lipinski definition) is 2. The molecule has 0 radical (unpaired) electrons. The number of aromatic amines is 1. The number of carbonyl (C=O) groups excluding carboxylic acids is 1. The van der Waals surface area contributed by atoms with E-state index in [4.69, 9.17) is 0 Å². The van der Waals surface area contributed by atoms with Gasteiger partial charge >= 0.3 is 0 Å². The first-order chi connectivity index (χ1) is 7.22. The van der Waals surface area contributed by atoms with Crippen molar-refractivity contribution >= 4 is 17.4 Å². The minimum Gasteiger partial charge on any atom is -0.427 e. The van der Waals surface area contributed by atoms with E-state index in [1.54, 1.807) is 6.07 Å². The van der Waals surface area contributed by atoms with Crippen LogP contribution in [0.1, 0.15) is 17.6 Å². The Morgan fingerprint density at radius 3 is 3.00 bits per heavy atom. The van der Waals surface area contributed by atoms with E-state index in [2.05, 4.69) is 9.72 Å². The number of aromatic nitrogens is 1. The molecule has 3 nitrogen and oxygen atoms in total. The topological polar surface area (TPSA) is 42.1 Å². The highest BCUT2D eigenvalue weighted by Gasteiger charge is 2.13. The number of fused-ring (bicyclic) bond motifs is 1. The van der Waals surface area contributed by atoms with E-state index in [9.17, 15) is 9.18 Å². The number of H-pyrrole nitrogens is 1. The first-order valence-electron chi connectivity index (χ1n) is 4.54. The van der Waals surface area contributed by atoms with E-state index < -0.39 is 6.36 Å². The van der Waals surface area contributed by atoms with Crippen LogP contribution in [0.2, 0.25) is 0 Å². The molecule has 0 saturated carbocycles. The predicted octanol–water partition coefficient (Wildman–Crippen LogP) is 2.62. The SMILES string of the molecule is Cc1cccc2[nH]c(C(F)OC=O)cc12. The van der Waals surface area contributed by atoms with Gasteiger partial charge in [0.25, 0.3) is 12.8 Å². The largest absolute Gasteiger partial charge is 0.427 e. The molecule has 78 valence electrons. The first-order valence-corrected chi connectivity index (χ1v) is 4.54. The van der Waals surface area contributed by atoms with Gasteiger partial charge in [-0.15, -0.1) is 0 Å². The number of nitrogens with one attached hydrogen (secondary N) is 1. The van der Waals surface area contributed by atoms with Crippen molar-refractivity contribution < 1.29 is 13.9 Å². The summed E-state index contributed by atoms with van der Waals surface area (Å²) in [6.45, 7) is 2.04. The minimum absolute atomic E-state index is 0.100. The molecule has 1 heterocycles. The molecule has 4 heteroatoms. The molecule has 0 aliphatic heterocycles. The fourth-order valence-electron chi connectivity index (χ4n) is 1.57. The van der Waals surface area contributed by atoms with Crippen LogP contribution < -0.4 is 0 Å². The summed E-state index contributed by atoms with van der Waals surface area (Å²) in [4.78, 5) is 12.9. The number of halogens is 1. The maximum Gasteiger partial charge on any atom is 0.295 e. The molecule has 1 aromatic heterocycles. The molecule has 15 heavy (non-hydrogen) atoms. The van der Waals surface area contributed by atoms with Gasteiger partial charge in [-0.3, -0.25) is 4.79 Å². The van der Waals surface area contributed by atoms with Gasteiger partial charge < -0.3 is 9.72 Å². The van der Waals surface area contributed by atoms with Crippen LogP contribution >= 0.6 is 0 Å². The van der Waals surface area contributed by atoms with Crippen molar-refractivity contribution in [2.75, 3.05) is 0 Å². The normalized spacial score (nSPS) is 12.7. The molecule has 1 aromatic carbocycles. The van der Waals surface area contributed by atoms with Gasteiger partial charge in [-0.1, -0.05) is 12.1 Å². The van der Waals surface area contributed by atoms with Gasteiger partial charge in [0.1, 0.15) is 0 Å². The third-order valence-electron chi connectivity index (χ3n) is 2.32. The van der Waals surface area contributed by atoms with Crippen LogP contribution in [-0.4, -0.2) is 11.5 Å². The van der Waals surface area contributed by atoms with Gasteiger partial charge in [0, 0.05) is 10.9 Å². The monoisotopic (exact) mass is 207 g/mol. The third-order valence-corrected chi connectivity index (χ3v) is 2.32. The second kappa shape index (κ2) is 3.73. The number of hydrogen-bond donors (Lipinski definition) is 1. The van der Waals surface area contributed by atoms with E-state index >= 15 is 0 Å². The zero-order valence-corrected chi connectivity index (χ0v) is 8.16. The fourth-order valence-corrected chi connectivity index (χ4v) is 1.57. The van der Waals surface area contributed by atoms with Crippen molar-refractivity contribution in [3.05, 3.63) is 35.5 Å². The van der Waals surface area contributed by atoms with Gasteiger partial charge in [0.05, 0.1) is 5.69 Å². The summed E-state index contributed by atoms with van der Waals surface area (Å²) < 4.78 is 17.4. The second-order valence-electron chi connectivity index (χ2n) is 3.31. The van der Waals surface area contributed by atoms with Gasteiger partial charge in [-0.2, -0.15) is 4.39 Å². The molecular weight excluding hydrogens is 197 g/mol. The molecule has 0 saturated heterocycles. The van der Waals surface area contributed by atoms with E-state index in [0.29, 0.717) is 0 Å². The summed E-state index contributed by atoms with van der Waals surface area (Å²) in [6.07, 6.45) is -1.73. The minimum atomic E-state index is -1.73. The summed E-state index contributed by atoms with van der Waals surface area (Å²) in [7, 11) is 0. The van der Waals surface area contributed by atoms with Crippen molar-refractivity contribution in [2.45, 2.75) is 13.3 Å². The average molecular weight is 207 g/mol. The van der Waals surface area contributed by atoms with Crippen LogP contribution in [0.4, 0.5) is 4.39 Å². The Morgan fingerprint density at radius 2 is 2.33 bits per heavy atom. The summed E-state index contributed by atoms with van der Waals surface area (Å²) in [5.41, 5.74) is 2.14. The fraction of sp³-hybridized carbons (Fsp3) is 0.182. The molecule has 2 rings (SSSR count). The first kappa shape index (κ1) is 9.71. The molecule has 1 N–H and O–H groups in total. The Bertz CT molecular complexity index is 492. The lowest BCUT2D eigenvalue weighted by atomic mass is 10.1. The molecule has 1 atom stereocenters. The van der Waals surface area contributed by atoms with Crippen LogP contribution in [0.5, 0.6) is 0 Å². The smallest absolute Gasteiger partial charge is 0.295 e.